The first-order chi connectivity index (χ1) is 51.0. The maximum atomic E-state index is 3.51. The van der Waals surface area contributed by atoms with Crippen molar-refractivity contribution in [1.29, 1.82) is 0 Å². The van der Waals surface area contributed by atoms with Gasteiger partial charge in [0.1, 0.15) is 0 Å². The second kappa shape index (κ2) is 24.9. The molecule has 4 aliphatic rings. The Morgan fingerprint density at radius 2 is 0.544 bits per heavy atom. The van der Waals surface area contributed by atoms with Gasteiger partial charge in [-0.25, -0.2) is 0 Å². The van der Waals surface area contributed by atoms with Crippen LogP contribution in [0.3, 0.4) is 0 Å². The van der Waals surface area contributed by atoms with Crippen molar-refractivity contribution in [3.8, 4) is 66.8 Å². The van der Waals surface area contributed by atoms with Crippen LogP contribution in [0.5, 0.6) is 0 Å². The maximum Gasteiger partial charge on any atom is 0.0725 e. The largest absolute Gasteiger partial charge is 0.135 e. The lowest BCUT2D eigenvalue weighted by molar-refractivity contribution is 0.790. The van der Waals surface area contributed by atoms with Crippen LogP contribution in [-0.2, 0) is 17.3 Å². The molecule has 16 aromatic carbocycles. The molecule has 3 heteroatoms. The monoisotopic (exact) mass is 1410 g/mol. The lowest BCUT2D eigenvalue weighted by Crippen LogP contribution is -2.26. The topological polar surface area (TPSA) is 0 Å². The van der Waals surface area contributed by atoms with Crippen LogP contribution in [0.1, 0.15) is 78.2 Å². The molecule has 0 amide bonds. The highest BCUT2D eigenvalue weighted by atomic mass is 79.9. The normalized spacial score (nSPS) is 13.4. The summed E-state index contributed by atoms with van der Waals surface area (Å²) in [5.74, 6) is 0.0517. The van der Waals surface area contributed by atoms with E-state index in [0.29, 0.717) is 0 Å². The van der Waals surface area contributed by atoms with E-state index in [1.807, 2.05) is 22.7 Å². The number of hydrogen-bond acceptors (Lipinski definition) is 2. The molecule has 0 nitrogen and oxygen atoms in total. The minimum Gasteiger partial charge on any atom is -0.135 e. The molecule has 0 saturated heterocycles. The molecule has 0 radical (unpaired) electrons. The Balaban J connectivity index is 0.000000119. The Hall–Kier alpha value is -11.6. The summed E-state index contributed by atoms with van der Waals surface area (Å²) in [5, 5.41) is 5.37. The van der Waals surface area contributed by atoms with Crippen LogP contribution < -0.4 is 0 Å². The Morgan fingerprint density at radius 3 is 1.02 bits per heavy atom. The number of hydrogen-bond donors (Lipinski definition) is 0. The van der Waals surface area contributed by atoms with Crippen molar-refractivity contribution in [3.63, 3.8) is 0 Å². The van der Waals surface area contributed by atoms with Crippen LogP contribution in [0.2, 0.25) is 0 Å². The van der Waals surface area contributed by atoms with Crippen molar-refractivity contribution in [2.75, 3.05) is 0 Å². The molecular weight excluding hydrogens is 1350 g/mol. The van der Waals surface area contributed by atoms with Gasteiger partial charge in [0.2, 0.25) is 0 Å². The third-order valence-corrected chi connectivity index (χ3v) is 25.1. The molecule has 2 aromatic heterocycles. The first kappa shape index (κ1) is 61.3. The highest BCUT2D eigenvalue weighted by Gasteiger charge is 2.53. The lowest BCUT2D eigenvalue weighted by Gasteiger charge is -2.31. The summed E-state index contributed by atoms with van der Waals surface area (Å²) in [6.07, 6.45) is 0.915. The van der Waals surface area contributed by atoms with Crippen LogP contribution in [0.25, 0.3) is 107 Å². The van der Waals surface area contributed by atoms with Gasteiger partial charge in [-0.3, -0.25) is 0 Å². The van der Waals surface area contributed by atoms with Gasteiger partial charge >= 0.3 is 0 Å². The van der Waals surface area contributed by atoms with Gasteiger partial charge in [0, 0.05) is 50.7 Å². The molecule has 4 aliphatic carbocycles. The van der Waals surface area contributed by atoms with Gasteiger partial charge in [-0.15, -0.1) is 22.7 Å². The van der Waals surface area contributed by atoms with E-state index in [0.717, 1.165) is 10.9 Å². The van der Waals surface area contributed by atoms with E-state index in [4.69, 9.17) is 0 Å². The third kappa shape index (κ3) is 9.82. The highest BCUT2D eigenvalue weighted by molar-refractivity contribution is 9.10. The quantitative estimate of drug-likeness (QED) is 0.140. The van der Waals surface area contributed by atoms with Gasteiger partial charge < -0.3 is 0 Å². The molecule has 22 rings (SSSR count). The minimum atomic E-state index is -0.371. The zero-order chi connectivity index (χ0) is 68.2. The molecule has 18 aromatic rings. The SMILES string of the molecule is Brc1ccc2sc3ccccc3c2c1.c1ccc(-c2ccc(C(c3ccc4c(c3)C3(c5ccccc5-c5ccccc53)c3ccccc3-4)c3ccc4sc5ccccc5c4c3)cc2)cc1.c1ccc(-c2ccc(Cc3ccc4c(c3)C3(c5ccccc5-c5ccccc53)c3ccccc3-4)cc2)cc1. The summed E-state index contributed by atoms with van der Waals surface area (Å²) in [4.78, 5) is 0. The number of thiophene rings is 2. The average Bonchev–Trinajstić information content (AvgIpc) is 1.53. The van der Waals surface area contributed by atoms with Crippen molar-refractivity contribution in [2.45, 2.75) is 23.2 Å². The number of rotatable bonds is 7. The second-order valence-electron chi connectivity index (χ2n) is 27.7. The zero-order valence-corrected chi connectivity index (χ0v) is 59.5. The van der Waals surface area contributed by atoms with E-state index in [2.05, 4.69) is 392 Å². The molecule has 0 aliphatic heterocycles. The van der Waals surface area contributed by atoms with Gasteiger partial charge in [-0.2, -0.15) is 0 Å². The Labute approximate surface area is 616 Å². The summed E-state index contributed by atoms with van der Waals surface area (Å²) in [6, 6.07) is 139. The van der Waals surface area contributed by atoms with Crippen LogP contribution >= 0.6 is 38.6 Å². The van der Waals surface area contributed by atoms with E-state index in [1.165, 1.54) is 179 Å². The molecule has 2 heterocycles. The smallest absolute Gasteiger partial charge is 0.0725 e. The van der Waals surface area contributed by atoms with E-state index in [9.17, 15) is 0 Å². The minimum absolute atomic E-state index is 0.0517. The van der Waals surface area contributed by atoms with Gasteiger partial charge in [-0.05, 0) is 188 Å². The van der Waals surface area contributed by atoms with Crippen LogP contribution in [0.15, 0.2) is 381 Å². The second-order valence-corrected chi connectivity index (χ2v) is 30.8. The van der Waals surface area contributed by atoms with Crippen LogP contribution in [0, 0.1) is 0 Å². The predicted octanol–water partition coefficient (Wildman–Crippen LogP) is 27.4. The Kier molecular flexibility index (Phi) is 14.8. The van der Waals surface area contributed by atoms with Crippen molar-refractivity contribution in [3.05, 3.63) is 453 Å². The van der Waals surface area contributed by atoms with E-state index in [-0.39, 0.29) is 16.7 Å². The fourth-order valence-corrected chi connectivity index (χ4v) is 20.5. The Bertz CT molecular complexity index is 6230. The van der Waals surface area contributed by atoms with Crippen molar-refractivity contribution < 1.29 is 0 Å². The molecule has 0 bridgehead atoms. The highest BCUT2D eigenvalue weighted by Crippen LogP contribution is 2.65. The number of benzene rings is 16. The summed E-state index contributed by atoms with van der Waals surface area (Å²) in [6.45, 7) is 0. The fraction of sp³-hybridized carbons (Fsp3) is 0.0400. The molecule has 0 N–H and O–H groups in total. The van der Waals surface area contributed by atoms with E-state index >= 15 is 0 Å². The van der Waals surface area contributed by atoms with Crippen molar-refractivity contribution in [2.24, 2.45) is 0 Å². The summed E-state index contributed by atoms with van der Waals surface area (Å²) in [5.41, 5.74) is 32.9. The molecule has 2 spiro atoms. The third-order valence-electron chi connectivity index (χ3n) is 22.3. The summed E-state index contributed by atoms with van der Waals surface area (Å²) >= 11 is 7.24. The standard InChI is InChI=1S/C50H32S.C38H26.C12H7BrS/c1-2-12-32(13-3-1)33-22-24-34(25-23-33)49(35-27-29-48-42(30-35)41-17-7-11-21-47(41)51-48)36-26-28-40-39-16-6-10-20-45(39)50(46(40)31-36)43-18-8-4-14-37(43)38-15-5-9-19-44(38)50;1-2-10-28(11-3-1)29-21-18-26(19-22-29)24-27-20-23-33-32-14-6-9-17-36(32)38(37(33)25-27)34-15-7-4-12-30(34)31-13-5-8-16-35(31)38;13-8-5-6-12-10(7-8)9-3-1-2-4-11(9)14-12/h1-31,49H;1-23,25H,24H2;1-7H. The molecule has 0 saturated carbocycles. The molecule has 0 fully saturated rings. The summed E-state index contributed by atoms with van der Waals surface area (Å²) in [7, 11) is 0. The molecule has 1 unspecified atom stereocenters. The van der Waals surface area contributed by atoms with Crippen LogP contribution in [-0.4, -0.2) is 0 Å². The number of halogens is 1. The van der Waals surface area contributed by atoms with Crippen LogP contribution in [0.4, 0.5) is 0 Å². The van der Waals surface area contributed by atoms with Gasteiger partial charge in [-0.1, -0.05) is 350 Å². The average molecular weight is 1410 g/mol. The summed E-state index contributed by atoms with van der Waals surface area (Å²) < 4.78 is 6.54. The maximum absolute atomic E-state index is 3.51. The Morgan fingerprint density at radius 1 is 0.223 bits per heavy atom. The van der Waals surface area contributed by atoms with Gasteiger partial charge in [0.05, 0.1) is 10.8 Å². The molecular formula is C100H65BrS2. The number of fused-ring (bicyclic) bond motifs is 26. The first-order valence-electron chi connectivity index (χ1n) is 35.6. The fourth-order valence-electron chi connectivity index (χ4n) is 17.9. The molecule has 484 valence electrons. The van der Waals surface area contributed by atoms with E-state index < -0.39 is 0 Å². The van der Waals surface area contributed by atoms with Gasteiger partial charge in [0.15, 0.2) is 0 Å². The molecule has 103 heavy (non-hydrogen) atoms. The van der Waals surface area contributed by atoms with Crippen molar-refractivity contribution in [1.82, 2.24) is 0 Å². The van der Waals surface area contributed by atoms with E-state index in [1.54, 1.807) is 0 Å². The van der Waals surface area contributed by atoms with Crippen molar-refractivity contribution >= 4 is 78.9 Å². The zero-order valence-electron chi connectivity index (χ0n) is 56.3. The first-order valence-corrected chi connectivity index (χ1v) is 38.0. The molecule has 1 atom stereocenters. The predicted molar refractivity (Wildman–Crippen MR) is 439 cm³/mol. The van der Waals surface area contributed by atoms with Gasteiger partial charge in [0.25, 0.3) is 0 Å². The lowest BCUT2D eigenvalue weighted by atomic mass is 9.70.